The van der Waals surface area contributed by atoms with Gasteiger partial charge in [0.15, 0.2) is 11.6 Å². The summed E-state index contributed by atoms with van der Waals surface area (Å²) >= 11 is 0. The third kappa shape index (κ3) is 3.42. The Morgan fingerprint density at radius 1 is 1.09 bits per heavy atom. The Hall–Kier alpha value is -4.77. The number of amides is 1. The molecule has 5 aromatic rings. The lowest BCUT2D eigenvalue weighted by atomic mass is 10.1. The van der Waals surface area contributed by atoms with E-state index >= 15 is 0 Å². The molecule has 8 nitrogen and oxygen atoms in total. The predicted octanol–water partition coefficient (Wildman–Crippen LogP) is 4.27. The average molecular weight is 435 g/mol. The maximum atomic E-state index is 13.0. The van der Waals surface area contributed by atoms with Crippen molar-refractivity contribution in [2.75, 3.05) is 5.32 Å². The normalized spacial score (nSPS) is 10.9. The third-order valence-corrected chi connectivity index (χ3v) is 5.46. The first-order valence-electron chi connectivity index (χ1n) is 10.2. The van der Waals surface area contributed by atoms with Crippen LogP contribution in [0.1, 0.15) is 27.0 Å². The van der Waals surface area contributed by atoms with Gasteiger partial charge in [0.2, 0.25) is 0 Å². The fraction of sp³-hybridized carbons (Fsp3) is 0.0800. The van der Waals surface area contributed by atoms with E-state index in [0.717, 1.165) is 22.0 Å². The lowest BCUT2D eigenvalue weighted by Gasteiger charge is -2.12. The number of benzene rings is 2. The average Bonchev–Trinajstić information content (AvgIpc) is 3.21. The minimum absolute atomic E-state index is 0.120. The van der Waals surface area contributed by atoms with Gasteiger partial charge in [-0.15, -0.1) is 0 Å². The van der Waals surface area contributed by atoms with E-state index in [-0.39, 0.29) is 16.9 Å². The van der Waals surface area contributed by atoms with Gasteiger partial charge in [0.25, 0.3) is 5.91 Å². The summed E-state index contributed by atoms with van der Waals surface area (Å²) in [4.78, 5) is 30.1. The van der Waals surface area contributed by atoms with Crippen molar-refractivity contribution in [3.63, 3.8) is 0 Å². The Morgan fingerprint density at radius 3 is 2.73 bits per heavy atom. The highest BCUT2D eigenvalue weighted by molar-refractivity contribution is 6.05. The molecule has 5 rings (SSSR count). The first-order chi connectivity index (χ1) is 16.0. The van der Waals surface area contributed by atoms with Crippen LogP contribution in [-0.4, -0.2) is 20.7 Å². The minimum Gasteiger partial charge on any atom is -0.422 e. The van der Waals surface area contributed by atoms with E-state index in [1.807, 2.05) is 44.2 Å². The first kappa shape index (κ1) is 20.2. The molecule has 0 aliphatic rings. The van der Waals surface area contributed by atoms with Gasteiger partial charge in [-0.05, 0) is 43.2 Å². The second-order valence-corrected chi connectivity index (χ2v) is 7.64. The maximum absolute atomic E-state index is 13.0. The Labute approximate surface area is 187 Å². The van der Waals surface area contributed by atoms with Gasteiger partial charge in [-0.1, -0.05) is 36.4 Å². The highest BCUT2D eigenvalue weighted by Gasteiger charge is 2.20. The molecule has 0 unspecified atom stereocenters. The number of carbonyl (C=O) groups excluding carboxylic acids is 1. The number of rotatable bonds is 3. The van der Waals surface area contributed by atoms with Gasteiger partial charge in [0.1, 0.15) is 22.8 Å². The number of nitriles is 1. The molecule has 160 valence electrons. The molecular weight excluding hydrogens is 418 g/mol. The summed E-state index contributed by atoms with van der Waals surface area (Å²) in [6.07, 6.45) is 1.34. The monoisotopic (exact) mass is 435 g/mol. The van der Waals surface area contributed by atoms with Crippen molar-refractivity contribution < 1.29 is 9.21 Å². The Morgan fingerprint density at radius 2 is 1.91 bits per heavy atom. The third-order valence-electron chi connectivity index (χ3n) is 5.46. The fourth-order valence-corrected chi connectivity index (χ4v) is 3.77. The van der Waals surface area contributed by atoms with Crippen molar-refractivity contribution in [2.45, 2.75) is 13.8 Å². The summed E-state index contributed by atoms with van der Waals surface area (Å²) in [5.74, 6) is -0.145. The number of fused-ring (bicyclic) bond motifs is 2. The number of hydrogen-bond donors (Lipinski definition) is 1. The number of aryl methyl sites for hydroxylation is 2. The molecule has 2 aromatic carbocycles. The SMILES string of the molecule is Cc1cc(-n2ncc(C#N)c2NC(=O)c2cc3ccccc3oc2=O)nc2c(C)cccc12. The zero-order valence-corrected chi connectivity index (χ0v) is 17.8. The van der Waals surface area contributed by atoms with Crippen LogP contribution < -0.4 is 10.9 Å². The van der Waals surface area contributed by atoms with Gasteiger partial charge in [-0.3, -0.25) is 4.79 Å². The molecule has 33 heavy (non-hydrogen) atoms. The van der Waals surface area contributed by atoms with Crippen LogP contribution >= 0.6 is 0 Å². The molecule has 1 amide bonds. The standard InChI is InChI=1S/C25H17N5O3/c1-14-6-5-8-18-15(2)10-21(28-22(14)18)30-23(17(12-26)13-27-30)29-24(31)19-11-16-7-3-4-9-20(16)33-25(19)32/h3-11,13H,1-2H3,(H,29,31). The largest absolute Gasteiger partial charge is 0.422 e. The summed E-state index contributed by atoms with van der Waals surface area (Å²) in [7, 11) is 0. The van der Waals surface area contributed by atoms with Crippen molar-refractivity contribution in [2.24, 2.45) is 0 Å². The minimum atomic E-state index is -0.772. The van der Waals surface area contributed by atoms with E-state index in [2.05, 4.69) is 10.4 Å². The fourth-order valence-electron chi connectivity index (χ4n) is 3.77. The van der Waals surface area contributed by atoms with Gasteiger partial charge in [0, 0.05) is 10.8 Å². The van der Waals surface area contributed by atoms with Gasteiger partial charge >= 0.3 is 5.63 Å². The number of nitrogens with one attached hydrogen (secondary N) is 1. The topological polar surface area (TPSA) is 114 Å². The van der Waals surface area contributed by atoms with Crippen LogP contribution in [0.4, 0.5) is 5.82 Å². The Bertz CT molecular complexity index is 1670. The molecule has 0 saturated heterocycles. The molecule has 0 aliphatic carbocycles. The molecule has 0 aliphatic heterocycles. The summed E-state index contributed by atoms with van der Waals surface area (Å²) in [5.41, 5.74) is 2.33. The lowest BCUT2D eigenvalue weighted by molar-refractivity contribution is 0.102. The summed E-state index contributed by atoms with van der Waals surface area (Å²) in [5, 5.41) is 18.1. The Kier molecular flexibility index (Phi) is 4.72. The van der Waals surface area contributed by atoms with Gasteiger partial charge in [-0.25, -0.2) is 9.78 Å². The van der Waals surface area contributed by atoms with Crippen LogP contribution in [0.5, 0.6) is 0 Å². The van der Waals surface area contributed by atoms with E-state index in [0.29, 0.717) is 16.8 Å². The quantitative estimate of drug-likeness (QED) is 0.424. The molecule has 3 heterocycles. The molecule has 0 spiro atoms. The number of anilines is 1. The smallest absolute Gasteiger partial charge is 0.349 e. The number of carbonyl (C=O) groups is 1. The van der Waals surface area contributed by atoms with Crippen LogP contribution in [0.25, 0.3) is 27.7 Å². The number of hydrogen-bond acceptors (Lipinski definition) is 6. The van der Waals surface area contributed by atoms with Crippen LogP contribution in [-0.2, 0) is 0 Å². The van der Waals surface area contributed by atoms with Crippen molar-refractivity contribution in [3.05, 3.63) is 93.5 Å². The van der Waals surface area contributed by atoms with Crippen LogP contribution in [0.15, 0.2) is 70.0 Å². The molecule has 0 bridgehead atoms. The second kappa shape index (κ2) is 7.73. The molecular formula is C25H17N5O3. The maximum Gasteiger partial charge on any atom is 0.349 e. The van der Waals surface area contributed by atoms with Crippen molar-refractivity contribution >= 4 is 33.6 Å². The summed E-state index contributed by atoms with van der Waals surface area (Å²) in [6, 6.07) is 18.1. The molecule has 1 N–H and O–H groups in total. The van der Waals surface area contributed by atoms with Crippen molar-refractivity contribution in [3.8, 4) is 11.9 Å². The van der Waals surface area contributed by atoms with Crippen molar-refractivity contribution in [1.29, 1.82) is 5.26 Å². The molecule has 0 fully saturated rings. The zero-order chi connectivity index (χ0) is 23.1. The van der Waals surface area contributed by atoms with E-state index in [1.165, 1.54) is 16.9 Å². The zero-order valence-electron chi connectivity index (χ0n) is 17.8. The van der Waals surface area contributed by atoms with Gasteiger partial charge in [0.05, 0.1) is 11.7 Å². The highest BCUT2D eigenvalue weighted by atomic mass is 16.4. The van der Waals surface area contributed by atoms with Crippen LogP contribution in [0, 0.1) is 25.2 Å². The first-order valence-corrected chi connectivity index (χ1v) is 10.2. The lowest BCUT2D eigenvalue weighted by Crippen LogP contribution is -2.22. The van der Waals surface area contributed by atoms with Gasteiger partial charge < -0.3 is 9.73 Å². The second-order valence-electron chi connectivity index (χ2n) is 7.64. The highest BCUT2D eigenvalue weighted by Crippen LogP contribution is 2.25. The number of aromatic nitrogens is 3. The van der Waals surface area contributed by atoms with Crippen LogP contribution in [0.2, 0.25) is 0 Å². The van der Waals surface area contributed by atoms with E-state index in [9.17, 15) is 14.9 Å². The number of para-hydroxylation sites is 2. The molecule has 0 atom stereocenters. The van der Waals surface area contributed by atoms with Crippen molar-refractivity contribution in [1.82, 2.24) is 14.8 Å². The molecule has 3 aromatic heterocycles. The summed E-state index contributed by atoms with van der Waals surface area (Å²) in [6.45, 7) is 3.92. The van der Waals surface area contributed by atoms with E-state index < -0.39 is 11.5 Å². The molecule has 0 saturated carbocycles. The molecule has 0 radical (unpaired) electrons. The number of pyridine rings is 1. The Balaban J connectivity index is 1.61. The van der Waals surface area contributed by atoms with Crippen LogP contribution in [0.3, 0.4) is 0 Å². The van der Waals surface area contributed by atoms with E-state index in [1.54, 1.807) is 24.3 Å². The predicted molar refractivity (Wildman–Crippen MR) is 123 cm³/mol. The summed E-state index contributed by atoms with van der Waals surface area (Å²) < 4.78 is 6.65. The van der Waals surface area contributed by atoms with Gasteiger partial charge in [-0.2, -0.15) is 15.0 Å². The molecule has 8 heteroatoms. The van der Waals surface area contributed by atoms with E-state index in [4.69, 9.17) is 9.40 Å². The number of nitrogens with zero attached hydrogens (tertiary/aromatic N) is 4.